The van der Waals surface area contributed by atoms with Crippen LogP contribution >= 0.6 is 11.6 Å². The number of halogens is 1. The van der Waals surface area contributed by atoms with E-state index in [0.29, 0.717) is 16.8 Å². The van der Waals surface area contributed by atoms with Crippen LogP contribution in [0.3, 0.4) is 0 Å². The summed E-state index contributed by atoms with van der Waals surface area (Å²) in [4.78, 5) is 50.2. The van der Waals surface area contributed by atoms with E-state index < -0.39 is 22.6 Å². The van der Waals surface area contributed by atoms with Crippen molar-refractivity contribution in [3.63, 3.8) is 0 Å². The molecular weight excluding hydrogens is 484 g/mol. The number of aryl methyl sites for hydroxylation is 2. The van der Waals surface area contributed by atoms with E-state index in [2.05, 4.69) is 10.6 Å². The molecule has 10 heteroatoms. The standard InChI is InChI=1S/C26H21ClN4O5/c1-15-8-10-18(24(32)28-19-11-9-16(2)21(13-19)31(35)36)12-20(15)29-23-22(27)25(33)30(26(23)34)14-17-6-4-3-5-7-17/h3-13,29H,14H2,1-2H3,(H,28,32). The summed E-state index contributed by atoms with van der Waals surface area (Å²) in [6.07, 6.45) is 0. The first-order valence-electron chi connectivity index (χ1n) is 10.9. The molecule has 0 aromatic heterocycles. The minimum atomic E-state index is -0.611. The summed E-state index contributed by atoms with van der Waals surface area (Å²) in [6, 6.07) is 18.2. The third-order valence-corrected chi connectivity index (χ3v) is 6.07. The zero-order valence-electron chi connectivity index (χ0n) is 19.4. The molecular formula is C26H21ClN4O5. The number of nitrogens with zero attached hydrogens (tertiary/aromatic N) is 2. The predicted molar refractivity (Wildman–Crippen MR) is 135 cm³/mol. The van der Waals surface area contributed by atoms with Crippen LogP contribution in [-0.4, -0.2) is 27.5 Å². The Bertz CT molecular complexity index is 1440. The quantitative estimate of drug-likeness (QED) is 0.268. The number of amides is 3. The van der Waals surface area contributed by atoms with Crippen molar-refractivity contribution in [3.8, 4) is 0 Å². The number of hydrogen-bond acceptors (Lipinski definition) is 6. The second-order valence-corrected chi connectivity index (χ2v) is 8.62. The fraction of sp³-hybridized carbons (Fsp3) is 0.115. The van der Waals surface area contributed by atoms with Crippen molar-refractivity contribution < 1.29 is 19.3 Å². The van der Waals surface area contributed by atoms with Crippen LogP contribution in [0.15, 0.2) is 77.5 Å². The molecule has 9 nitrogen and oxygen atoms in total. The fourth-order valence-corrected chi connectivity index (χ4v) is 3.91. The maximum atomic E-state index is 13.0. The van der Waals surface area contributed by atoms with Gasteiger partial charge in [-0.1, -0.05) is 54.1 Å². The van der Waals surface area contributed by atoms with Gasteiger partial charge < -0.3 is 10.6 Å². The summed E-state index contributed by atoms with van der Waals surface area (Å²) in [6.45, 7) is 3.45. The summed E-state index contributed by atoms with van der Waals surface area (Å²) >= 11 is 6.22. The first-order chi connectivity index (χ1) is 17.2. The molecule has 3 aromatic rings. The Balaban J connectivity index is 1.54. The summed E-state index contributed by atoms with van der Waals surface area (Å²) in [5.74, 6) is -1.69. The van der Waals surface area contributed by atoms with Gasteiger partial charge in [-0.3, -0.25) is 29.4 Å². The molecule has 1 heterocycles. The van der Waals surface area contributed by atoms with Crippen molar-refractivity contribution in [1.29, 1.82) is 0 Å². The number of nitro groups is 1. The first kappa shape index (κ1) is 24.6. The molecule has 0 radical (unpaired) electrons. The smallest absolute Gasteiger partial charge is 0.279 e. The predicted octanol–water partition coefficient (Wildman–Crippen LogP) is 4.90. The lowest BCUT2D eigenvalue weighted by atomic mass is 10.1. The number of rotatable bonds is 7. The molecule has 0 bridgehead atoms. The summed E-state index contributed by atoms with van der Waals surface area (Å²) in [7, 11) is 0. The number of hydrogen-bond donors (Lipinski definition) is 2. The monoisotopic (exact) mass is 504 g/mol. The van der Waals surface area contributed by atoms with E-state index in [-0.39, 0.29) is 34.2 Å². The van der Waals surface area contributed by atoms with Crippen LogP contribution in [-0.2, 0) is 16.1 Å². The Labute approximate surface area is 211 Å². The van der Waals surface area contributed by atoms with E-state index in [0.717, 1.165) is 10.5 Å². The molecule has 1 aliphatic rings. The van der Waals surface area contributed by atoms with Gasteiger partial charge in [-0.15, -0.1) is 0 Å². The Hall–Kier alpha value is -4.50. The highest BCUT2D eigenvalue weighted by molar-refractivity contribution is 6.48. The van der Waals surface area contributed by atoms with Crippen molar-refractivity contribution in [2.24, 2.45) is 0 Å². The van der Waals surface area contributed by atoms with Gasteiger partial charge in [0.2, 0.25) is 0 Å². The number of benzene rings is 3. The van der Waals surface area contributed by atoms with Gasteiger partial charge in [0.1, 0.15) is 10.7 Å². The Morgan fingerprint density at radius 3 is 2.36 bits per heavy atom. The SMILES string of the molecule is Cc1ccc(C(=O)Nc2ccc(C)c([N+](=O)[O-])c2)cc1NC1=C(Cl)C(=O)N(Cc2ccccc2)C1=O. The van der Waals surface area contributed by atoms with Gasteiger partial charge in [0.05, 0.1) is 11.5 Å². The summed E-state index contributed by atoms with van der Waals surface area (Å²) < 4.78 is 0. The van der Waals surface area contributed by atoms with Crippen molar-refractivity contribution in [3.05, 3.63) is 110 Å². The lowest BCUT2D eigenvalue weighted by molar-refractivity contribution is -0.385. The van der Waals surface area contributed by atoms with E-state index >= 15 is 0 Å². The van der Waals surface area contributed by atoms with Crippen molar-refractivity contribution in [2.75, 3.05) is 10.6 Å². The number of carbonyl (C=O) groups excluding carboxylic acids is 3. The molecule has 0 fully saturated rings. The van der Waals surface area contributed by atoms with Crippen LogP contribution in [0, 0.1) is 24.0 Å². The van der Waals surface area contributed by atoms with Crippen molar-refractivity contribution in [1.82, 2.24) is 4.90 Å². The number of nitro benzene ring substituents is 1. The number of nitrogens with one attached hydrogen (secondary N) is 2. The Morgan fingerprint density at radius 2 is 1.67 bits per heavy atom. The van der Waals surface area contributed by atoms with Gasteiger partial charge in [-0.05, 0) is 43.2 Å². The zero-order chi connectivity index (χ0) is 26.0. The van der Waals surface area contributed by atoms with E-state index in [1.807, 2.05) is 18.2 Å². The topological polar surface area (TPSA) is 122 Å². The summed E-state index contributed by atoms with van der Waals surface area (Å²) in [5, 5.41) is 16.5. The maximum Gasteiger partial charge on any atom is 0.279 e. The van der Waals surface area contributed by atoms with Gasteiger partial charge in [0, 0.05) is 28.6 Å². The lowest BCUT2D eigenvalue weighted by Gasteiger charge is -2.16. The Kier molecular flexibility index (Phi) is 6.84. The normalized spacial score (nSPS) is 13.2. The average Bonchev–Trinajstić information content (AvgIpc) is 3.05. The van der Waals surface area contributed by atoms with Gasteiger partial charge in [0.15, 0.2) is 0 Å². The molecule has 2 N–H and O–H groups in total. The van der Waals surface area contributed by atoms with Crippen LogP contribution < -0.4 is 10.6 Å². The molecule has 36 heavy (non-hydrogen) atoms. The maximum absolute atomic E-state index is 13.0. The molecule has 1 aliphatic heterocycles. The average molecular weight is 505 g/mol. The van der Waals surface area contributed by atoms with Crippen molar-refractivity contribution in [2.45, 2.75) is 20.4 Å². The highest BCUT2D eigenvalue weighted by Gasteiger charge is 2.38. The molecule has 0 unspecified atom stereocenters. The molecule has 3 aromatic carbocycles. The van der Waals surface area contributed by atoms with Gasteiger partial charge in [-0.2, -0.15) is 0 Å². The molecule has 0 atom stereocenters. The molecule has 0 aliphatic carbocycles. The van der Waals surface area contributed by atoms with Crippen LogP contribution in [0.2, 0.25) is 0 Å². The second kappa shape index (κ2) is 10.0. The highest BCUT2D eigenvalue weighted by atomic mass is 35.5. The van der Waals surface area contributed by atoms with Crippen LogP contribution in [0.4, 0.5) is 17.1 Å². The fourth-order valence-electron chi connectivity index (χ4n) is 3.68. The van der Waals surface area contributed by atoms with Crippen LogP contribution in [0.25, 0.3) is 0 Å². The molecule has 0 saturated heterocycles. The number of carbonyl (C=O) groups is 3. The molecule has 4 rings (SSSR count). The van der Waals surface area contributed by atoms with Gasteiger partial charge in [-0.25, -0.2) is 0 Å². The lowest BCUT2D eigenvalue weighted by Crippen LogP contribution is -2.31. The summed E-state index contributed by atoms with van der Waals surface area (Å²) in [5.41, 5.74) is 2.69. The molecule has 0 spiro atoms. The largest absolute Gasteiger partial charge is 0.349 e. The number of imide groups is 1. The van der Waals surface area contributed by atoms with E-state index in [1.165, 1.54) is 12.1 Å². The minimum absolute atomic E-state index is 0.0734. The molecule has 182 valence electrons. The zero-order valence-corrected chi connectivity index (χ0v) is 20.1. The van der Waals surface area contributed by atoms with E-state index in [4.69, 9.17) is 11.6 Å². The molecule has 3 amide bonds. The van der Waals surface area contributed by atoms with Gasteiger partial charge in [0.25, 0.3) is 23.4 Å². The van der Waals surface area contributed by atoms with Crippen molar-refractivity contribution >= 4 is 46.4 Å². The molecule has 0 saturated carbocycles. The minimum Gasteiger partial charge on any atom is -0.349 e. The number of anilines is 2. The Morgan fingerprint density at radius 1 is 0.972 bits per heavy atom. The second-order valence-electron chi connectivity index (χ2n) is 8.24. The van der Waals surface area contributed by atoms with E-state index in [9.17, 15) is 24.5 Å². The van der Waals surface area contributed by atoms with Crippen LogP contribution in [0.5, 0.6) is 0 Å². The third kappa shape index (κ3) is 4.96. The third-order valence-electron chi connectivity index (χ3n) is 5.72. The van der Waals surface area contributed by atoms with E-state index in [1.54, 1.807) is 50.2 Å². The first-order valence-corrected chi connectivity index (χ1v) is 11.3. The van der Waals surface area contributed by atoms with Crippen LogP contribution in [0.1, 0.15) is 27.0 Å². The highest BCUT2D eigenvalue weighted by Crippen LogP contribution is 2.29. The van der Waals surface area contributed by atoms with Gasteiger partial charge >= 0.3 is 0 Å².